The number of carbonyl (C=O) groups is 1. The standard InChI is InChI=1S/C14H12N2O3/c1-18-14(17)13-15-6-4-11(16-13)9-2-3-12-10(8-9)5-7-19-12/h2-4,6,8H,5,7H2,1H3. The smallest absolute Gasteiger partial charge is 0.376 e. The zero-order chi connectivity index (χ0) is 13.2. The van der Waals surface area contributed by atoms with Gasteiger partial charge in [0.25, 0.3) is 0 Å². The molecule has 0 saturated heterocycles. The molecule has 1 aliphatic heterocycles. The predicted octanol–water partition coefficient (Wildman–Crippen LogP) is 1.87. The van der Waals surface area contributed by atoms with E-state index in [0.717, 1.165) is 29.9 Å². The van der Waals surface area contributed by atoms with E-state index in [0.29, 0.717) is 5.69 Å². The van der Waals surface area contributed by atoms with E-state index < -0.39 is 5.97 Å². The Hall–Kier alpha value is -2.43. The summed E-state index contributed by atoms with van der Waals surface area (Å²) in [6.45, 7) is 0.718. The van der Waals surface area contributed by atoms with Gasteiger partial charge in [-0.3, -0.25) is 0 Å². The Kier molecular flexibility index (Phi) is 2.87. The summed E-state index contributed by atoms with van der Waals surface area (Å²) in [6.07, 6.45) is 2.45. The van der Waals surface area contributed by atoms with Crippen molar-refractivity contribution in [2.45, 2.75) is 6.42 Å². The molecule has 0 radical (unpaired) electrons. The number of hydrogen-bond acceptors (Lipinski definition) is 5. The first-order chi connectivity index (χ1) is 9.28. The van der Waals surface area contributed by atoms with Gasteiger partial charge in [-0.2, -0.15) is 0 Å². The van der Waals surface area contributed by atoms with Gasteiger partial charge >= 0.3 is 5.97 Å². The maximum atomic E-state index is 11.4. The maximum Gasteiger partial charge on any atom is 0.376 e. The first-order valence-electron chi connectivity index (χ1n) is 5.95. The number of hydrogen-bond donors (Lipinski definition) is 0. The highest BCUT2D eigenvalue weighted by Gasteiger charge is 2.14. The fourth-order valence-corrected chi connectivity index (χ4v) is 2.06. The lowest BCUT2D eigenvalue weighted by atomic mass is 10.1. The van der Waals surface area contributed by atoms with Crippen molar-refractivity contribution in [3.63, 3.8) is 0 Å². The second-order valence-corrected chi connectivity index (χ2v) is 4.18. The third-order valence-corrected chi connectivity index (χ3v) is 3.01. The molecular weight excluding hydrogens is 244 g/mol. The van der Waals surface area contributed by atoms with Crippen LogP contribution in [0.1, 0.15) is 16.2 Å². The second-order valence-electron chi connectivity index (χ2n) is 4.18. The van der Waals surface area contributed by atoms with Crippen LogP contribution in [0.4, 0.5) is 0 Å². The number of aromatic nitrogens is 2. The molecule has 1 aromatic carbocycles. The first-order valence-corrected chi connectivity index (χ1v) is 5.95. The Bertz CT molecular complexity index is 640. The molecule has 1 aromatic heterocycles. The minimum absolute atomic E-state index is 0.0664. The van der Waals surface area contributed by atoms with E-state index in [9.17, 15) is 4.79 Å². The third-order valence-electron chi connectivity index (χ3n) is 3.01. The largest absolute Gasteiger partial charge is 0.493 e. The van der Waals surface area contributed by atoms with Crippen molar-refractivity contribution in [3.05, 3.63) is 41.9 Å². The molecule has 19 heavy (non-hydrogen) atoms. The molecule has 0 bridgehead atoms. The summed E-state index contributed by atoms with van der Waals surface area (Å²) in [4.78, 5) is 19.5. The summed E-state index contributed by atoms with van der Waals surface area (Å²) in [6, 6.07) is 7.65. The summed E-state index contributed by atoms with van der Waals surface area (Å²) in [7, 11) is 1.31. The molecule has 0 unspecified atom stereocenters. The van der Waals surface area contributed by atoms with Gasteiger partial charge in [-0.1, -0.05) is 0 Å². The van der Waals surface area contributed by atoms with Crippen LogP contribution in [0.15, 0.2) is 30.5 Å². The molecule has 3 rings (SSSR count). The summed E-state index contributed by atoms with van der Waals surface area (Å²) >= 11 is 0. The zero-order valence-corrected chi connectivity index (χ0v) is 10.4. The Morgan fingerprint density at radius 3 is 3.11 bits per heavy atom. The minimum Gasteiger partial charge on any atom is -0.493 e. The quantitative estimate of drug-likeness (QED) is 0.767. The van der Waals surface area contributed by atoms with Gasteiger partial charge < -0.3 is 9.47 Å². The number of carbonyl (C=O) groups excluding carboxylic acids is 1. The van der Waals surface area contributed by atoms with Crippen LogP contribution in [0.2, 0.25) is 0 Å². The van der Waals surface area contributed by atoms with Crippen LogP contribution >= 0.6 is 0 Å². The van der Waals surface area contributed by atoms with Crippen molar-refractivity contribution in [2.24, 2.45) is 0 Å². The molecule has 0 saturated carbocycles. The minimum atomic E-state index is -0.536. The van der Waals surface area contributed by atoms with Gasteiger partial charge in [0, 0.05) is 18.2 Å². The average Bonchev–Trinajstić information content (AvgIpc) is 2.94. The maximum absolute atomic E-state index is 11.4. The highest BCUT2D eigenvalue weighted by atomic mass is 16.5. The lowest BCUT2D eigenvalue weighted by Crippen LogP contribution is -2.07. The molecule has 0 amide bonds. The van der Waals surface area contributed by atoms with Gasteiger partial charge in [-0.25, -0.2) is 14.8 Å². The molecule has 2 heterocycles. The van der Waals surface area contributed by atoms with E-state index in [2.05, 4.69) is 14.7 Å². The Morgan fingerprint density at radius 1 is 1.37 bits per heavy atom. The van der Waals surface area contributed by atoms with Gasteiger partial charge in [0.2, 0.25) is 5.82 Å². The molecule has 0 atom stereocenters. The summed E-state index contributed by atoms with van der Waals surface area (Å²) in [5, 5.41) is 0. The van der Waals surface area contributed by atoms with Crippen LogP contribution < -0.4 is 4.74 Å². The summed E-state index contributed by atoms with van der Waals surface area (Å²) in [5.74, 6) is 0.453. The van der Waals surface area contributed by atoms with Gasteiger partial charge in [0.15, 0.2) is 0 Å². The van der Waals surface area contributed by atoms with Crippen molar-refractivity contribution in [1.29, 1.82) is 0 Å². The molecule has 5 heteroatoms. The van der Waals surface area contributed by atoms with Gasteiger partial charge in [-0.05, 0) is 29.8 Å². The van der Waals surface area contributed by atoms with Crippen LogP contribution in [-0.4, -0.2) is 29.7 Å². The SMILES string of the molecule is COC(=O)c1nccc(-c2ccc3c(c2)CCO3)n1. The van der Waals surface area contributed by atoms with Crippen LogP contribution in [0.5, 0.6) is 5.75 Å². The fourth-order valence-electron chi connectivity index (χ4n) is 2.06. The summed E-state index contributed by atoms with van der Waals surface area (Å²) < 4.78 is 10.1. The number of nitrogens with zero attached hydrogens (tertiary/aromatic N) is 2. The van der Waals surface area contributed by atoms with E-state index in [4.69, 9.17) is 4.74 Å². The Labute approximate surface area is 110 Å². The normalized spacial score (nSPS) is 12.7. The van der Waals surface area contributed by atoms with Crippen LogP contribution in [-0.2, 0) is 11.2 Å². The zero-order valence-electron chi connectivity index (χ0n) is 10.4. The van der Waals surface area contributed by atoms with E-state index in [1.165, 1.54) is 7.11 Å². The topological polar surface area (TPSA) is 61.3 Å². The van der Waals surface area contributed by atoms with Gasteiger partial charge in [0.05, 0.1) is 19.4 Å². The highest BCUT2D eigenvalue weighted by Crippen LogP contribution is 2.29. The number of methoxy groups -OCH3 is 1. The highest BCUT2D eigenvalue weighted by molar-refractivity contribution is 5.85. The first kappa shape index (κ1) is 11.6. The van der Waals surface area contributed by atoms with Crippen molar-refractivity contribution in [3.8, 4) is 17.0 Å². The number of fused-ring (bicyclic) bond motifs is 1. The number of esters is 1. The third kappa shape index (κ3) is 2.14. The molecule has 5 nitrogen and oxygen atoms in total. The molecule has 0 aliphatic carbocycles. The summed E-state index contributed by atoms with van der Waals surface area (Å²) in [5.41, 5.74) is 2.80. The Morgan fingerprint density at radius 2 is 2.26 bits per heavy atom. The van der Waals surface area contributed by atoms with E-state index in [1.54, 1.807) is 12.3 Å². The van der Waals surface area contributed by atoms with Crippen LogP contribution in [0.3, 0.4) is 0 Å². The van der Waals surface area contributed by atoms with Crippen molar-refractivity contribution >= 4 is 5.97 Å². The van der Waals surface area contributed by atoms with Gasteiger partial charge in [0.1, 0.15) is 5.75 Å². The second kappa shape index (κ2) is 4.68. The van der Waals surface area contributed by atoms with E-state index >= 15 is 0 Å². The van der Waals surface area contributed by atoms with E-state index in [1.807, 2.05) is 18.2 Å². The molecule has 2 aromatic rings. The fraction of sp³-hybridized carbons (Fsp3) is 0.214. The van der Waals surface area contributed by atoms with Crippen molar-refractivity contribution < 1.29 is 14.3 Å². The monoisotopic (exact) mass is 256 g/mol. The van der Waals surface area contributed by atoms with Crippen LogP contribution in [0.25, 0.3) is 11.3 Å². The molecule has 1 aliphatic rings. The number of benzene rings is 1. The average molecular weight is 256 g/mol. The number of rotatable bonds is 2. The van der Waals surface area contributed by atoms with Crippen molar-refractivity contribution in [2.75, 3.05) is 13.7 Å². The van der Waals surface area contributed by atoms with Crippen LogP contribution in [0, 0.1) is 0 Å². The predicted molar refractivity (Wildman–Crippen MR) is 68.0 cm³/mol. The molecular formula is C14H12N2O3. The Balaban J connectivity index is 2.00. The van der Waals surface area contributed by atoms with Gasteiger partial charge in [-0.15, -0.1) is 0 Å². The van der Waals surface area contributed by atoms with E-state index in [-0.39, 0.29) is 5.82 Å². The van der Waals surface area contributed by atoms with Crippen molar-refractivity contribution in [1.82, 2.24) is 9.97 Å². The molecule has 0 N–H and O–H groups in total. The lowest BCUT2D eigenvalue weighted by Gasteiger charge is -2.05. The molecule has 96 valence electrons. The molecule has 0 fully saturated rings. The molecule has 0 spiro atoms. The number of ether oxygens (including phenoxy) is 2. The lowest BCUT2D eigenvalue weighted by molar-refractivity contribution is 0.0587.